The first-order valence-electron chi connectivity index (χ1n) is 3.68. The molecule has 0 N–H and O–H groups in total. The highest BCUT2D eigenvalue weighted by Gasteiger charge is 1.93. The predicted molar refractivity (Wildman–Crippen MR) is 44.6 cm³/mol. The van der Waals surface area contributed by atoms with Crippen molar-refractivity contribution in [3.05, 3.63) is 0 Å². The maximum atomic E-state index is 9.93. The second-order valence-corrected chi connectivity index (χ2v) is 3.51. The average Bonchev–Trinajstić information content (AvgIpc) is 1.88. The van der Waals surface area contributed by atoms with Gasteiger partial charge in [0.1, 0.15) is 0 Å². The van der Waals surface area contributed by atoms with Crippen LogP contribution in [0.15, 0.2) is 0 Å². The molecule has 2 atom stereocenters. The Labute approximate surface area is 66.3 Å². The minimum Gasteiger partial charge on any atom is -0.772 e. The van der Waals surface area contributed by atoms with Crippen LogP contribution in [0.1, 0.15) is 40.5 Å². The van der Waals surface area contributed by atoms with E-state index in [1.165, 1.54) is 6.42 Å². The van der Waals surface area contributed by atoms with Crippen molar-refractivity contribution in [1.29, 1.82) is 0 Å². The first-order chi connectivity index (χ1) is 4.59. The molecule has 0 saturated heterocycles. The van der Waals surface area contributed by atoms with Crippen molar-refractivity contribution >= 4 is 11.1 Å². The Morgan fingerprint density at radius 2 is 1.70 bits per heavy atom. The Balaban J connectivity index is 0. The van der Waals surface area contributed by atoms with E-state index in [2.05, 4.69) is 13.8 Å². The lowest BCUT2D eigenvalue weighted by atomic mass is 10.4. The fourth-order valence-corrected chi connectivity index (χ4v) is 0.408. The van der Waals surface area contributed by atoms with Crippen molar-refractivity contribution in [3.8, 4) is 0 Å². The van der Waals surface area contributed by atoms with Crippen LogP contribution in [0.4, 0.5) is 0 Å². The fourth-order valence-electron chi connectivity index (χ4n) is 0.136. The lowest BCUT2D eigenvalue weighted by molar-refractivity contribution is 0.523. The van der Waals surface area contributed by atoms with E-state index in [1.54, 1.807) is 6.92 Å². The highest BCUT2D eigenvalue weighted by Crippen LogP contribution is 1.94. The van der Waals surface area contributed by atoms with E-state index < -0.39 is 11.1 Å². The molecule has 0 aromatic heterocycles. The van der Waals surface area contributed by atoms with Gasteiger partial charge in [0.2, 0.25) is 0 Å². The van der Waals surface area contributed by atoms with E-state index in [0.29, 0.717) is 6.42 Å². The summed E-state index contributed by atoms with van der Waals surface area (Å²) in [5.74, 6) is 0. The predicted octanol–water partition coefficient (Wildman–Crippen LogP) is 2.08. The molecule has 0 fully saturated rings. The first kappa shape index (κ1) is 12.8. The fraction of sp³-hybridized carbons (Fsp3) is 1.00. The summed E-state index contributed by atoms with van der Waals surface area (Å²) in [6, 6.07) is 0. The Hall–Kier alpha value is 0.110. The maximum Gasteiger partial charge on any atom is 0.0184 e. The first-order valence-corrected chi connectivity index (χ1v) is 4.81. The van der Waals surface area contributed by atoms with E-state index in [-0.39, 0.29) is 5.25 Å². The highest BCUT2D eigenvalue weighted by atomic mass is 32.2. The van der Waals surface area contributed by atoms with Gasteiger partial charge in [0.15, 0.2) is 0 Å². The molecule has 0 bridgehead atoms. The number of hydrogen-bond acceptors (Lipinski definition) is 2. The lowest BCUT2D eigenvalue weighted by Gasteiger charge is -2.10. The van der Waals surface area contributed by atoms with Crippen molar-refractivity contribution < 1.29 is 8.76 Å². The molecule has 0 aliphatic rings. The van der Waals surface area contributed by atoms with Gasteiger partial charge >= 0.3 is 0 Å². The Morgan fingerprint density at radius 3 is 1.70 bits per heavy atom. The molecule has 0 radical (unpaired) electrons. The van der Waals surface area contributed by atoms with E-state index in [0.717, 1.165) is 0 Å². The zero-order chi connectivity index (χ0) is 8.57. The standard InChI is InChI=1S/C4H10O2S.C3H8/c1-3-4(2)7(5)6;1-3-2/h4H,3H2,1-2H3,(H,5,6);3H2,1-2H3/p-1. The number of rotatable bonds is 2. The summed E-state index contributed by atoms with van der Waals surface area (Å²) in [5.41, 5.74) is 0. The van der Waals surface area contributed by atoms with Gasteiger partial charge < -0.3 is 4.55 Å². The normalized spacial score (nSPS) is 14.9. The van der Waals surface area contributed by atoms with Crippen LogP contribution in [0.2, 0.25) is 0 Å². The minimum absolute atomic E-state index is 0.181. The number of hydrogen-bond donors (Lipinski definition) is 0. The highest BCUT2D eigenvalue weighted by molar-refractivity contribution is 7.79. The van der Waals surface area contributed by atoms with Crippen molar-refractivity contribution in [3.63, 3.8) is 0 Å². The van der Waals surface area contributed by atoms with E-state index in [1.807, 2.05) is 6.92 Å². The van der Waals surface area contributed by atoms with Crippen molar-refractivity contribution in [2.24, 2.45) is 0 Å². The zero-order valence-corrected chi connectivity index (χ0v) is 8.03. The van der Waals surface area contributed by atoms with Gasteiger partial charge in [-0.25, -0.2) is 0 Å². The third-order valence-electron chi connectivity index (χ3n) is 0.903. The second-order valence-electron chi connectivity index (χ2n) is 2.19. The molecule has 3 heteroatoms. The molecule has 0 rings (SSSR count). The third kappa shape index (κ3) is 11.0. The summed E-state index contributed by atoms with van der Waals surface area (Å²) in [7, 11) is 0. The van der Waals surface area contributed by atoms with Crippen LogP contribution in [-0.2, 0) is 11.1 Å². The van der Waals surface area contributed by atoms with Gasteiger partial charge in [-0.3, -0.25) is 4.21 Å². The molecule has 0 aromatic carbocycles. The SMILES string of the molecule is CCC.CCC(C)S(=O)[O-]. The van der Waals surface area contributed by atoms with Crippen LogP contribution in [0.3, 0.4) is 0 Å². The zero-order valence-electron chi connectivity index (χ0n) is 7.22. The molecule has 0 aromatic rings. The summed E-state index contributed by atoms with van der Waals surface area (Å²) >= 11 is -1.86. The third-order valence-corrected chi connectivity index (χ3v) is 1.89. The minimum atomic E-state index is -1.86. The van der Waals surface area contributed by atoms with Gasteiger partial charge in [-0.05, 0) is 6.42 Å². The molecule has 2 nitrogen and oxygen atoms in total. The van der Waals surface area contributed by atoms with Gasteiger partial charge in [0.05, 0.1) is 0 Å². The Morgan fingerprint density at radius 1 is 1.40 bits per heavy atom. The Bertz CT molecular complexity index is 83.7. The molecule has 0 spiro atoms. The van der Waals surface area contributed by atoms with Crippen LogP contribution in [0, 0.1) is 0 Å². The summed E-state index contributed by atoms with van der Waals surface area (Å²) in [6.45, 7) is 7.78. The van der Waals surface area contributed by atoms with E-state index in [4.69, 9.17) is 0 Å². The van der Waals surface area contributed by atoms with E-state index >= 15 is 0 Å². The van der Waals surface area contributed by atoms with Gasteiger partial charge in [-0.15, -0.1) is 0 Å². The smallest absolute Gasteiger partial charge is 0.0184 e. The van der Waals surface area contributed by atoms with E-state index in [9.17, 15) is 8.76 Å². The topological polar surface area (TPSA) is 40.1 Å². The average molecular weight is 165 g/mol. The maximum absolute atomic E-state index is 9.93. The lowest BCUT2D eigenvalue weighted by Crippen LogP contribution is -2.06. The molecule has 0 amide bonds. The van der Waals surface area contributed by atoms with Gasteiger partial charge in [0.25, 0.3) is 0 Å². The summed E-state index contributed by atoms with van der Waals surface area (Å²) in [6.07, 6.45) is 1.95. The molecule has 0 aliphatic heterocycles. The molecule has 0 heterocycles. The summed E-state index contributed by atoms with van der Waals surface area (Å²) < 4.78 is 19.9. The van der Waals surface area contributed by atoms with Crippen LogP contribution >= 0.6 is 0 Å². The molecule has 10 heavy (non-hydrogen) atoms. The van der Waals surface area contributed by atoms with Crippen LogP contribution in [0.5, 0.6) is 0 Å². The van der Waals surface area contributed by atoms with Crippen molar-refractivity contribution in [2.45, 2.75) is 45.8 Å². The van der Waals surface area contributed by atoms with Crippen LogP contribution < -0.4 is 0 Å². The molecule has 64 valence electrons. The molecule has 2 unspecified atom stereocenters. The Kier molecular flexibility index (Phi) is 11.6. The quantitative estimate of drug-likeness (QED) is 0.588. The van der Waals surface area contributed by atoms with Crippen LogP contribution in [0.25, 0.3) is 0 Å². The van der Waals surface area contributed by atoms with Gasteiger partial charge in [-0.2, -0.15) is 0 Å². The molecule has 0 aliphatic carbocycles. The second kappa shape index (κ2) is 9.11. The summed E-state index contributed by atoms with van der Waals surface area (Å²) in [5, 5.41) is -0.181. The van der Waals surface area contributed by atoms with Crippen molar-refractivity contribution in [2.75, 3.05) is 0 Å². The molecule has 0 saturated carbocycles. The molecular weight excluding hydrogens is 148 g/mol. The van der Waals surface area contributed by atoms with Gasteiger partial charge in [0, 0.05) is 5.25 Å². The molecular formula is C7H17O2S-. The monoisotopic (exact) mass is 165 g/mol. The summed E-state index contributed by atoms with van der Waals surface area (Å²) in [4.78, 5) is 0. The van der Waals surface area contributed by atoms with Gasteiger partial charge in [-0.1, -0.05) is 45.2 Å². The van der Waals surface area contributed by atoms with Crippen LogP contribution in [-0.4, -0.2) is 14.0 Å². The largest absolute Gasteiger partial charge is 0.772 e. The van der Waals surface area contributed by atoms with Crippen molar-refractivity contribution in [1.82, 2.24) is 0 Å².